The first-order valence-corrected chi connectivity index (χ1v) is 12.3. The van der Waals surface area contributed by atoms with Gasteiger partial charge in [-0.25, -0.2) is 17.5 Å². The first-order chi connectivity index (χ1) is 15.1. The third-order valence-electron chi connectivity index (χ3n) is 5.83. The van der Waals surface area contributed by atoms with Crippen molar-refractivity contribution < 1.29 is 22.4 Å². The van der Waals surface area contributed by atoms with Gasteiger partial charge in [-0.05, 0) is 60.7 Å². The van der Waals surface area contributed by atoms with Gasteiger partial charge < -0.3 is 4.90 Å². The van der Waals surface area contributed by atoms with E-state index >= 15 is 0 Å². The highest BCUT2D eigenvalue weighted by Gasteiger charge is 2.28. The number of sulfonamides is 1. The minimum Gasteiger partial charge on any atom is -0.345 e. The van der Waals surface area contributed by atoms with Crippen LogP contribution in [-0.4, -0.2) is 50.9 Å². The molecular formula is C24H29FN2O4S. The van der Waals surface area contributed by atoms with Crippen LogP contribution in [-0.2, 0) is 10.0 Å². The first kappa shape index (κ1) is 24.1. The summed E-state index contributed by atoms with van der Waals surface area (Å²) in [6.07, 6.45) is 3.88. The lowest BCUT2D eigenvalue weighted by Gasteiger charge is -2.21. The number of halogens is 1. The number of amides is 1. The van der Waals surface area contributed by atoms with Crippen molar-refractivity contribution in [3.63, 3.8) is 0 Å². The summed E-state index contributed by atoms with van der Waals surface area (Å²) in [5.74, 6) is -1.47. The van der Waals surface area contributed by atoms with Gasteiger partial charge in [-0.3, -0.25) is 9.59 Å². The Bertz CT molecular complexity index is 1120. The van der Waals surface area contributed by atoms with Crippen LogP contribution in [0.2, 0.25) is 0 Å². The Morgan fingerprint density at radius 3 is 2.41 bits per heavy atom. The molecule has 0 saturated heterocycles. The highest BCUT2D eigenvalue weighted by molar-refractivity contribution is 7.90. The highest BCUT2D eigenvalue weighted by Crippen LogP contribution is 2.27. The van der Waals surface area contributed by atoms with Gasteiger partial charge in [-0.1, -0.05) is 31.4 Å². The molecule has 0 aromatic heterocycles. The molecule has 0 aliphatic heterocycles. The van der Waals surface area contributed by atoms with Crippen LogP contribution < -0.4 is 4.72 Å². The molecule has 0 heterocycles. The molecule has 0 bridgehead atoms. The van der Waals surface area contributed by atoms with Crippen LogP contribution in [0.3, 0.4) is 0 Å². The molecule has 32 heavy (non-hydrogen) atoms. The summed E-state index contributed by atoms with van der Waals surface area (Å²) in [7, 11) is -0.320. The lowest BCUT2D eigenvalue weighted by molar-refractivity contribution is 0.0827. The lowest BCUT2D eigenvalue weighted by atomic mass is 9.96. The number of nitrogens with zero attached hydrogens (tertiary/aromatic N) is 1. The van der Waals surface area contributed by atoms with Gasteiger partial charge in [-0.2, -0.15) is 0 Å². The smallest absolute Gasteiger partial charge is 0.253 e. The van der Waals surface area contributed by atoms with Crippen LogP contribution in [0.5, 0.6) is 0 Å². The summed E-state index contributed by atoms with van der Waals surface area (Å²) in [5.41, 5.74) is 1.82. The van der Waals surface area contributed by atoms with E-state index in [0.717, 1.165) is 19.3 Å². The van der Waals surface area contributed by atoms with E-state index < -0.39 is 33.4 Å². The fourth-order valence-electron chi connectivity index (χ4n) is 3.98. The van der Waals surface area contributed by atoms with Crippen LogP contribution in [0, 0.1) is 12.7 Å². The Balaban J connectivity index is 1.85. The molecule has 0 radical (unpaired) electrons. The van der Waals surface area contributed by atoms with Gasteiger partial charge in [0.1, 0.15) is 5.82 Å². The first-order valence-electron chi connectivity index (χ1n) is 10.7. The highest BCUT2D eigenvalue weighted by atomic mass is 32.2. The minimum absolute atomic E-state index is 0.167. The maximum atomic E-state index is 14.8. The second-order valence-corrected chi connectivity index (χ2v) is 10.5. The molecule has 2 aromatic rings. The zero-order valence-electron chi connectivity index (χ0n) is 18.7. The van der Waals surface area contributed by atoms with Crippen molar-refractivity contribution in [3.05, 3.63) is 58.9 Å². The minimum atomic E-state index is -3.63. The number of benzene rings is 2. The van der Waals surface area contributed by atoms with E-state index in [-0.39, 0.29) is 17.0 Å². The molecule has 8 heteroatoms. The standard InChI is InChI=1S/C24H29FN2O4S/c1-16-12-19(17-8-7-9-18(13-17)24(29)27(2)3)14-21(23(16)25)22(28)15-26-32(30,31)20-10-5-4-6-11-20/h7-9,12-14,20,26H,4-6,10-11,15H2,1-3H3. The molecule has 1 N–H and O–H groups in total. The summed E-state index contributed by atoms with van der Waals surface area (Å²) >= 11 is 0. The van der Waals surface area contributed by atoms with Crippen molar-refractivity contribution in [2.75, 3.05) is 20.6 Å². The molecule has 0 atom stereocenters. The maximum absolute atomic E-state index is 14.8. The maximum Gasteiger partial charge on any atom is 0.253 e. The number of ketones is 1. The molecule has 1 amide bonds. The average Bonchev–Trinajstić information content (AvgIpc) is 2.79. The van der Waals surface area contributed by atoms with E-state index in [0.29, 0.717) is 29.5 Å². The number of hydrogen-bond acceptors (Lipinski definition) is 4. The van der Waals surface area contributed by atoms with Crippen LogP contribution in [0.25, 0.3) is 11.1 Å². The van der Waals surface area contributed by atoms with Crippen molar-refractivity contribution in [1.29, 1.82) is 0 Å². The van der Waals surface area contributed by atoms with Gasteiger partial charge in [0.05, 0.1) is 17.4 Å². The largest absolute Gasteiger partial charge is 0.345 e. The van der Waals surface area contributed by atoms with Gasteiger partial charge in [0.25, 0.3) is 5.91 Å². The predicted octanol–water partition coefficient (Wildman–Crippen LogP) is 3.94. The topological polar surface area (TPSA) is 83.6 Å². The van der Waals surface area contributed by atoms with Crippen LogP contribution in [0.4, 0.5) is 4.39 Å². The van der Waals surface area contributed by atoms with Gasteiger partial charge in [-0.15, -0.1) is 0 Å². The third kappa shape index (κ3) is 5.42. The Hall–Kier alpha value is -2.58. The predicted molar refractivity (Wildman–Crippen MR) is 123 cm³/mol. The van der Waals surface area contributed by atoms with Gasteiger partial charge >= 0.3 is 0 Å². The lowest BCUT2D eigenvalue weighted by Crippen LogP contribution is -2.38. The van der Waals surface area contributed by atoms with E-state index in [9.17, 15) is 22.4 Å². The van der Waals surface area contributed by atoms with Crippen molar-refractivity contribution in [2.45, 2.75) is 44.3 Å². The molecule has 1 aliphatic carbocycles. The van der Waals surface area contributed by atoms with Crippen molar-refractivity contribution in [1.82, 2.24) is 9.62 Å². The number of carbonyl (C=O) groups is 2. The molecule has 0 spiro atoms. The molecule has 6 nitrogen and oxygen atoms in total. The number of aryl methyl sites for hydroxylation is 1. The Morgan fingerprint density at radius 2 is 1.75 bits per heavy atom. The van der Waals surface area contributed by atoms with Crippen LogP contribution in [0.15, 0.2) is 36.4 Å². The molecule has 1 aliphatic rings. The van der Waals surface area contributed by atoms with E-state index in [1.165, 1.54) is 11.0 Å². The van der Waals surface area contributed by atoms with Crippen LogP contribution in [0.1, 0.15) is 58.4 Å². The van der Waals surface area contributed by atoms with E-state index in [1.54, 1.807) is 51.4 Å². The van der Waals surface area contributed by atoms with Crippen LogP contribution >= 0.6 is 0 Å². The zero-order valence-corrected chi connectivity index (χ0v) is 19.5. The van der Waals surface area contributed by atoms with Crippen molar-refractivity contribution in [3.8, 4) is 11.1 Å². The second kappa shape index (κ2) is 9.92. The molecule has 172 valence electrons. The summed E-state index contributed by atoms with van der Waals surface area (Å²) in [6.45, 7) is 1.06. The molecule has 3 rings (SSSR count). The molecule has 1 fully saturated rings. The number of rotatable bonds is 7. The zero-order chi connectivity index (χ0) is 23.5. The van der Waals surface area contributed by atoms with Crippen molar-refractivity contribution >= 4 is 21.7 Å². The fourth-order valence-corrected chi connectivity index (χ4v) is 5.51. The third-order valence-corrected chi connectivity index (χ3v) is 7.72. The SMILES string of the molecule is Cc1cc(-c2cccc(C(=O)N(C)C)c2)cc(C(=O)CNS(=O)(=O)C2CCCCC2)c1F. The van der Waals surface area contributed by atoms with Gasteiger partial charge in [0, 0.05) is 19.7 Å². The fraction of sp³-hybridized carbons (Fsp3) is 0.417. The molecular weight excluding hydrogens is 431 g/mol. The van der Waals surface area contributed by atoms with E-state index in [4.69, 9.17) is 0 Å². The molecule has 1 saturated carbocycles. The van der Waals surface area contributed by atoms with Gasteiger partial charge in [0.2, 0.25) is 10.0 Å². The summed E-state index contributed by atoms with van der Waals surface area (Å²) in [5, 5.41) is -0.501. The summed E-state index contributed by atoms with van der Waals surface area (Å²) in [6, 6.07) is 9.91. The quantitative estimate of drug-likeness (QED) is 0.635. The monoisotopic (exact) mass is 460 g/mol. The number of carbonyl (C=O) groups excluding carboxylic acids is 2. The van der Waals surface area contributed by atoms with Gasteiger partial charge in [0.15, 0.2) is 5.78 Å². The average molecular weight is 461 g/mol. The molecule has 2 aromatic carbocycles. The van der Waals surface area contributed by atoms with Crippen molar-refractivity contribution in [2.24, 2.45) is 0 Å². The summed E-state index contributed by atoms with van der Waals surface area (Å²) < 4.78 is 42.2. The Morgan fingerprint density at radius 1 is 1.06 bits per heavy atom. The normalized spacial score (nSPS) is 14.9. The Kier molecular flexibility index (Phi) is 7.46. The second-order valence-electron chi connectivity index (χ2n) is 8.48. The summed E-state index contributed by atoms with van der Waals surface area (Å²) in [4.78, 5) is 26.5. The number of hydrogen-bond donors (Lipinski definition) is 1. The number of Topliss-reactive ketones (excluding diaryl/α,β-unsaturated/α-hetero) is 1. The van der Waals surface area contributed by atoms with E-state index in [1.807, 2.05) is 0 Å². The van der Waals surface area contributed by atoms with E-state index in [2.05, 4.69) is 4.72 Å². The Labute approximate surface area is 188 Å². The number of nitrogens with one attached hydrogen (secondary N) is 1. The molecule has 0 unspecified atom stereocenters.